The second-order valence-corrected chi connectivity index (χ2v) is 9.80. The quantitative estimate of drug-likeness (QED) is 0.711. The standard InChI is InChI=1S/C20H30FN3O4S/c1-2-29(26,27)24-8-6-16(7-9-24)20(25)22-15-19(23-10-12-28-13-11-23)17-4-3-5-18(21)14-17/h3-5,14,16,19H,2,6-13,15H2,1H3,(H,22,25). The number of hydrogen-bond acceptors (Lipinski definition) is 5. The Morgan fingerprint density at radius 2 is 1.93 bits per heavy atom. The molecular weight excluding hydrogens is 397 g/mol. The first kappa shape index (κ1) is 22.1. The van der Waals surface area contributed by atoms with Crippen LogP contribution in [0.1, 0.15) is 31.4 Å². The molecule has 1 N–H and O–H groups in total. The van der Waals surface area contributed by atoms with E-state index >= 15 is 0 Å². The zero-order valence-electron chi connectivity index (χ0n) is 16.8. The van der Waals surface area contributed by atoms with Gasteiger partial charge in [-0.15, -0.1) is 0 Å². The van der Waals surface area contributed by atoms with Gasteiger partial charge < -0.3 is 10.1 Å². The highest BCUT2D eigenvalue weighted by Crippen LogP contribution is 2.24. The molecule has 1 unspecified atom stereocenters. The van der Waals surface area contributed by atoms with Crippen LogP contribution in [0, 0.1) is 11.7 Å². The molecule has 1 aromatic rings. The predicted octanol–water partition coefficient (Wildman–Crippen LogP) is 1.38. The van der Waals surface area contributed by atoms with Gasteiger partial charge in [0, 0.05) is 38.6 Å². The van der Waals surface area contributed by atoms with E-state index in [1.807, 2.05) is 6.07 Å². The van der Waals surface area contributed by atoms with Crippen LogP contribution in [0.5, 0.6) is 0 Å². The number of carbonyl (C=O) groups excluding carboxylic acids is 1. The molecular formula is C20H30FN3O4S. The summed E-state index contributed by atoms with van der Waals surface area (Å²) in [4.78, 5) is 14.9. The van der Waals surface area contributed by atoms with Crippen molar-refractivity contribution in [2.45, 2.75) is 25.8 Å². The number of sulfonamides is 1. The van der Waals surface area contributed by atoms with Crippen molar-refractivity contribution in [3.05, 3.63) is 35.6 Å². The number of morpholine rings is 1. The Kier molecular flexibility index (Phi) is 7.61. The summed E-state index contributed by atoms with van der Waals surface area (Å²) in [6, 6.07) is 6.36. The molecule has 0 spiro atoms. The third-order valence-corrected chi connectivity index (χ3v) is 7.65. The van der Waals surface area contributed by atoms with E-state index in [9.17, 15) is 17.6 Å². The Morgan fingerprint density at radius 1 is 1.24 bits per heavy atom. The molecule has 2 aliphatic heterocycles. The lowest BCUT2D eigenvalue weighted by Gasteiger charge is -2.35. The van der Waals surface area contributed by atoms with Gasteiger partial charge in [-0.05, 0) is 37.5 Å². The summed E-state index contributed by atoms with van der Waals surface area (Å²) in [7, 11) is -3.20. The Labute approximate surface area is 172 Å². The molecule has 29 heavy (non-hydrogen) atoms. The fourth-order valence-corrected chi connectivity index (χ4v) is 5.11. The first-order valence-corrected chi connectivity index (χ1v) is 11.8. The van der Waals surface area contributed by atoms with Crippen molar-refractivity contribution in [1.82, 2.24) is 14.5 Å². The molecule has 1 atom stereocenters. The average molecular weight is 428 g/mol. The van der Waals surface area contributed by atoms with E-state index in [0.717, 1.165) is 18.7 Å². The maximum atomic E-state index is 13.8. The maximum Gasteiger partial charge on any atom is 0.223 e. The van der Waals surface area contributed by atoms with Gasteiger partial charge >= 0.3 is 0 Å². The van der Waals surface area contributed by atoms with Crippen LogP contribution in [-0.2, 0) is 19.6 Å². The number of nitrogens with one attached hydrogen (secondary N) is 1. The average Bonchev–Trinajstić information content (AvgIpc) is 2.74. The van der Waals surface area contributed by atoms with Crippen LogP contribution in [-0.4, -0.2) is 75.2 Å². The molecule has 2 heterocycles. The molecule has 2 aliphatic rings. The second-order valence-electron chi connectivity index (χ2n) is 7.54. The Morgan fingerprint density at radius 3 is 2.55 bits per heavy atom. The minimum Gasteiger partial charge on any atom is -0.379 e. The minimum absolute atomic E-state index is 0.0618. The summed E-state index contributed by atoms with van der Waals surface area (Å²) >= 11 is 0. The van der Waals surface area contributed by atoms with E-state index in [1.165, 1.54) is 16.4 Å². The SMILES string of the molecule is CCS(=O)(=O)N1CCC(C(=O)NCC(c2cccc(F)c2)N2CCOCC2)CC1. The summed E-state index contributed by atoms with van der Waals surface area (Å²) in [5, 5.41) is 3.02. The summed E-state index contributed by atoms with van der Waals surface area (Å²) in [5.41, 5.74) is 0.830. The molecule has 162 valence electrons. The van der Waals surface area contributed by atoms with Crippen molar-refractivity contribution in [1.29, 1.82) is 0 Å². The Bertz CT molecular complexity index is 791. The maximum absolute atomic E-state index is 13.8. The molecule has 1 amide bonds. The van der Waals surface area contributed by atoms with Gasteiger partial charge in [-0.25, -0.2) is 17.1 Å². The highest BCUT2D eigenvalue weighted by atomic mass is 32.2. The number of amides is 1. The number of carbonyl (C=O) groups is 1. The number of piperidine rings is 1. The lowest BCUT2D eigenvalue weighted by molar-refractivity contribution is -0.126. The lowest BCUT2D eigenvalue weighted by Crippen LogP contribution is -2.47. The van der Waals surface area contributed by atoms with E-state index < -0.39 is 10.0 Å². The largest absolute Gasteiger partial charge is 0.379 e. The fraction of sp³-hybridized carbons (Fsp3) is 0.650. The number of benzene rings is 1. The van der Waals surface area contributed by atoms with Crippen LogP contribution < -0.4 is 5.32 Å². The van der Waals surface area contributed by atoms with E-state index in [2.05, 4.69) is 10.2 Å². The highest BCUT2D eigenvalue weighted by Gasteiger charge is 2.31. The van der Waals surface area contributed by atoms with E-state index in [4.69, 9.17) is 4.74 Å². The molecule has 0 bridgehead atoms. The fourth-order valence-electron chi connectivity index (χ4n) is 3.98. The van der Waals surface area contributed by atoms with Crippen molar-refractivity contribution in [2.75, 3.05) is 51.7 Å². The van der Waals surface area contributed by atoms with Gasteiger partial charge in [0.15, 0.2) is 0 Å². The number of halogens is 1. The van der Waals surface area contributed by atoms with Crippen molar-refractivity contribution < 1.29 is 22.3 Å². The third kappa shape index (κ3) is 5.75. The van der Waals surface area contributed by atoms with Crippen LogP contribution in [0.2, 0.25) is 0 Å². The van der Waals surface area contributed by atoms with E-state index in [1.54, 1.807) is 13.0 Å². The topological polar surface area (TPSA) is 79.0 Å². The molecule has 1 aromatic carbocycles. The second kappa shape index (κ2) is 9.97. The number of rotatable bonds is 7. The summed E-state index contributed by atoms with van der Waals surface area (Å²) in [6.45, 7) is 5.46. The van der Waals surface area contributed by atoms with Crippen molar-refractivity contribution in [2.24, 2.45) is 5.92 Å². The summed E-state index contributed by atoms with van der Waals surface area (Å²) in [5.74, 6) is -0.473. The van der Waals surface area contributed by atoms with E-state index in [-0.39, 0.29) is 29.4 Å². The van der Waals surface area contributed by atoms with Gasteiger partial charge in [0.2, 0.25) is 15.9 Å². The molecule has 9 heteroatoms. The van der Waals surface area contributed by atoms with Crippen molar-refractivity contribution in [3.8, 4) is 0 Å². The normalized spacial score (nSPS) is 21.0. The molecule has 7 nitrogen and oxygen atoms in total. The van der Waals surface area contributed by atoms with Gasteiger partial charge in [-0.3, -0.25) is 9.69 Å². The third-order valence-electron chi connectivity index (χ3n) is 5.77. The van der Waals surface area contributed by atoms with Crippen molar-refractivity contribution >= 4 is 15.9 Å². The van der Waals surface area contributed by atoms with Gasteiger partial charge in [0.1, 0.15) is 5.82 Å². The molecule has 2 saturated heterocycles. The molecule has 0 radical (unpaired) electrons. The van der Waals surface area contributed by atoms with Gasteiger partial charge in [0.25, 0.3) is 0 Å². The number of nitrogens with zero attached hydrogens (tertiary/aromatic N) is 2. The summed E-state index contributed by atoms with van der Waals surface area (Å²) < 4.78 is 44.6. The molecule has 3 rings (SSSR count). The minimum atomic E-state index is -3.20. The Balaban J connectivity index is 1.60. The zero-order valence-corrected chi connectivity index (χ0v) is 17.7. The number of hydrogen-bond donors (Lipinski definition) is 1. The first-order chi connectivity index (χ1) is 13.9. The molecule has 0 aliphatic carbocycles. The van der Waals surface area contributed by atoms with Crippen LogP contribution in [0.25, 0.3) is 0 Å². The molecule has 0 saturated carbocycles. The molecule has 0 aromatic heterocycles. The Hall–Kier alpha value is -1.55. The van der Waals surface area contributed by atoms with Gasteiger partial charge in [-0.2, -0.15) is 0 Å². The van der Waals surface area contributed by atoms with Crippen LogP contribution in [0.3, 0.4) is 0 Å². The lowest BCUT2D eigenvalue weighted by atomic mass is 9.96. The van der Waals surface area contributed by atoms with E-state index in [0.29, 0.717) is 45.7 Å². The number of ether oxygens (including phenoxy) is 1. The van der Waals surface area contributed by atoms with Crippen LogP contribution in [0.4, 0.5) is 4.39 Å². The van der Waals surface area contributed by atoms with Crippen LogP contribution in [0.15, 0.2) is 24.3 Å². The first-order valence-electron chi connectivity index (χ1n) is 10.2. The molecule has 2 fully saturated rings. The monoisotopic (exact) mass is 427 g/mol. The smallest absolute Gasteiger partial charge is 0.223 e. The summed E-state index contributed by atoms with van der Waals surface area (Å²) in [6.07, 6.45) is 1.04. The van der Waals surface area contributed by atoms with Crippen LogP contribution >= 0.6 is 0 Å². The van der Waals surface area contributed by atoms with Gasteiger partial charge in [0.05, 0.1) is 25.0 Å². The predicted molar refractivity (Wildman–Crippen MR) is 108 cm³/mol. The zero-order chi connectivity index (χ0) is 20.9. The highest BCUT2D eigenvalue weighted by molar-refractivity contribution is 7.89. The van der Waals surface area contributed by atoms with Gasteiger partial charge in [-0.1, -0.05) is 12.1 Å². The van der Waals surface area contributed by atoms with Crippen molar-refractivity contribution in [3.63, 3.8) is 0 Å².